The van der Waals surface area contributed by atoms with Crippen molar-refractivity contribution >= 4 is 17.4 Å². The first kappa shape index (κ1) is 13.7. The van der Waals surface area contributed by atoms with E-state index in [-0.39, 0.29) is 18.2 Å². The molecule has 0 amide bonds. The van der Waals surface area contributed by atoms with Crippen molar-refractivity contribution in [2.45, 2.75) is 33.2 Å². The molecule has 0 aliphatic heterocycles. The molecule has 0 bridgehead atoms. The van der Waals surface area contributed by atoms with Gasteiger partial charge in [-0.1, -0.05) is 17.7 Å². The Labute approximate surface area is 117 Å². The number of benzene rings is 1. The zero-order valence-corrected chi connectivity index (χ0v) is 12.0. The van der Waals surface area contributed by atoms with Gasteiger partial charge in [0.2, 0.25) is 0 Å². The maximum atomic E-state index is 12.3. The first-order valence-electron chi connectivity index (χ1n) is 6.16. The SMILES string of the molecule is Cc1ccc(C(=O)Cc2ncnn2C(C)C)c(Cl)c1. The van der Waals surface area contributed by atoms with Gasteiger partial charge in [0.15, 0.2) is 5.78 Å². The number of nitrogens with zero attached hydrogens (tertiary/aromatic N) is 3. The van der Waals surface area contributed by atoms with E-state index < -0.39 is 0 Å². The van der Waals surface area contributed by atoms with Gasteiger partial charge in [-0.25, -0.2) is 9.67 Å². The summed E-state index contributed by atoms with van der Waals surface area (Å²) >= 11 is 6.10. The molecule has 1 aromatic carbocycles. The molecule has 0 fully saturated rings. The first-order valence-corrected chi connectivity index (χ1v) is 6.54. The summed E-state index contributed by atoms with van der Waals surface area (Å²) in [5.74, 6) is 0.622. The van der Waals surface area contributed by atoms with Crippen LogP contribution >= 0.6 is 11.6 Å². The van der Waals surface area contributed by atoms with Crippen LogP contribution in [0.15, 0.2) is 24.5 Å². The van der Waals surface area contributed by atoms with Crippen LogP contribution in [0.25, 0.3) is 0 Å². The number of hydrogen-bond donors (Lipinski definition) is 0. The number of carbonyl (C=O) groups excluding carboxylic acids is 1. The van der Waals surface area contributed by atoms with E-state index >= 15 is 0 Å². The highest BCUT2D eigenvalue weighted by atomic mass is 35.5. The van der Waals surface area contributed by atoms with Gasteiger partial charge >= 0.3 is 0 Å². The second kappa shape index (κ2) is 5.53. The topological polar surface area (TPSA) is 47.8 Å². The highest BCUT2D eigenvalue weighted by Gasteiger charge is 2.16. The molecule has 19 heavy (non-hydrogen) atoms. The third-order valence-electron chi connectivity index (χ3n) is 2.88. The summed E-state index contributed by atoms with van der Waals surface area (Å²) in [4.78, 5) is 16.4. The van der Waals surface area contributed by atoms with Crippen molar-refractivity contribution in [2.75, 3.05) is 0 Å². The predicted molar refractivity (Wildman–Crippen MR) is 74.6 cm³/mol. The van der Waals surface area contributed by atoms with Gasteiger partial charge in [-0.3, -0.25) is 4.79 Å². The quantitative estimate of drug-likeness (QED) is 0.806. The minimum absolute atomic E-state index is 0.0418. The van der Waals surface area contributed by atoms with Crippen molar-refractivity contribution in [3.63, 3.8) is 0 Å². The fraction of sp³-hybridized carbons (Fsp3) is 0.357. The molecule has 1 heterocycles. The molecule has 0 spiro atoms. The fourth-order valence-electron chi connectivity index (χ4n) is 1.92. The van der Waals surface area contributed by atoms with Gasteiger partial charge in [0.05, 0.1) is 11.4 Å². The average molecular weight is 278 g/mol. The Balaban J connectivity index is 2.23. The molecule has 100 valence electrons. The van der Waals surface area contributed by atoms with Gasteiger partial charge in [-0.15, -0.1) is 0 Å². The van der Waals surface area contributed by atoms with Gasteiger partial charge in [-0.05, 0) is 38.5 Å². The maximum Gasteiger partial charge on any atom is 0.171 e. The summed E-state index contributed by atoms with van der Waals surface area (Å²) in [5.41, 5.74) is 1.57. The Bertz CT molecular complexity index is 604. The van der Waals surface area contributed by atoms with Crippen LogP contribution in [0.5, 0.6) is 0 Å². The number of carbonyl (C=O) groups is 1. The van der Waals surface area contributed by atoms with Crippen LogP contribution in [0.2, 0.25) is 5.02 Å². The van der Waals surface area contributed by atoms with Crippen molar-refractivity contribution in [3.05, 3.63) is 46.5 Å². The lowest BCUT2D eigenvalue weighted by Crippen LogP contribution is -2.13. The Morgan fingerprint density at radius 2 is 2.16 bits per heavy atom. The van der Waals surface area contributed by atoms with Gasteiger partial charge in [0, 0.05) is 11.6 Å². The van der Waals surface area contributed by atoms with Crippen LogP contribution < -0.4 is 0 Å². The summed E-state index contributed by atoms with van der Waals surface area (Å²) in [5, 5.41) is 4.61. The van der Waals surface area contributed by atoms with Gasteiger partial charge < -0.3 is 0 Å². The predicted octanol–water partition coefficient (Wildman–Crippen LogP) is 3.25. The summed E-state index contributed by atoms with van der Waals surface area (Å²) < 4.78 is 1.75. The van der Waals surface area contributed by atoms with Gasteiger partial charge in [0.1, 0.15) is 12.2 Å². The molecule has 0 saturated heterocycles. The van der Waals surface area contributed by atoms with E-state index in [1.54, 1.807) is 16.8 Å². The molecule has 2 aromatic rings. The maximum absolute atomic E-state index is 12.3. The molecule has 4 nitrogen and oxygen atoms in total. The normalized spacial score (nSPS) is 11.0. The molecule has 0 aliphatic rings. The molecule has 0 unspecified atom stereocenters. The van der Waals surface area contributed by atoms with E-state index in [1.807, 2.05) is 26.8 Å². The van der Waals surface area contributed by atoms with Gasteiger partial charge in [-0.2, -0.15) is 5.10 Å². The van der Waals surface area contributed by atoms with Gasteiger partial charge in [0.25, 0.3) is 0 Å². The van der Waals surface area contributed by atoms with Crippen molar-refractivity contribution < 1.29 is 4.79 Å². The lowest BCUT2D eigenvalue weighted by atomic mass is 10.1. The summed E-state index contributed by atoms with van der Waals surface area (Å²) in [6.07, 6.45) is 1.68. The molecular formula is C14H16ClN3O. The van der Waals surface area contributed by atoms with E-state index in [9.17, 15) is 4.79 Å². The molecule has 0 saturated carbocycles. The highest BCUT2D eigenvalue weighted by Crippen LogP contribution is 2.19. The number of aromatic nitrogens is 3. The van der Waals surface area contributed by atoms with E-state index in [0.29, 0.717) is 16.4 Å². The van der Waals surface area contributed by atoms with E-state index in [0.717, 1.165) is 5.56 Å². The van der Waals surface area contributed by atoms with Crippen molar-refractivity contribution in [3.8, 4) is 0 Å². The minimum Gasteiger partial charge on any atom is -0.294 e. The number of hydrogen-bond acceptors (Lipinski definition) is 3. The molecule has 0 radical (unpaired) electrons. The third kappa shape index (κ3) is 3.01. The second-order valence-corrected chi connectivity index (χ2v) is 5.21. The zero-order valence-electron chi connectivity index (χ0n) is 11.2. The first-order chi connectivity index (χ1) is 8.99. The molecule has 0 aliphatic carbocycles. The van der Waals surface area contributed by atoms with E-state index in [2.05, 4.69) is 10.1 Å². The lowest BCUT2D eigenvalue weighted by molar-refractivity contribution is 0.0989. The highest BCUT2D eigenvalue weighted by molar-refractivity contribution is 6.34. The summed E-state index contributed by atoms with van der Waals surface area (Å²) in [6, 6.07) is 5.61. The number of Topliss-reactive ketones (excluding diaryl/α,β-unsaturated/α-hetero) is 1. The second-order valence-electron chi connectivity index (χ2n) is 4.80. The largest absolute Gasteiger partial charge is 0.294 e. The molecule has 5 heteroatoms. The van der Waals surface area contributed by atoms with Crippen LogP contribution in [-0.2, 0) is 6.42 Å². The lowest BCUT2D eigenvalue weighted by Gasteiger charge is -2.09. The van der Waals surface area contributed by atoms with Crippen LogP contribution in [0.1, 0.15) is 41.6 Å². The molecule has 0 N–H and O–H groups in total. The summed E-state index contributed by atoms with van der Waals surface area (Å²) in [6.45, 7) is 5.94. The van der Waals surface area contributed by atoms with Crippen LogP contribution in [0.3, 0.4) is 0 Å². The molecule has 2 rings (SSSR count). The van der Waals surface area contributed by atoms with Crippen LogP contribution in [0.4, 0.5) is 0 Å². The van der Waals surface area contributed by atoms with Crippen LogP contribution in [-0.4, -0.2) is 20.5 Å². The number of rotatable bonds is 4. The molecular weight excluding hydrogens is 262 g/mol. The Kier molecular flexibility index (Phi) is 4.00. The zero-order chi connectivity index (χ0) is 14.0. The Morgan fingerprint density at radius 3 is 2.79 bits per heavy atom. The average Bonchev–Trinajstić information content (AvgIpc) is 2.76. The number of halogens is 1. The number of ketones is 1. The Hall–Kier alpha value is -1.68. The summed E-state index contributed by atoms with van der Waals surface area (Å²) in [7, 11) is 0. The number of aryl methyl sites for hydroxylation is 1. The Morgan fingerprint density at radius 1 is 1.42 bits per heavy atom. The van der Waals surface area contributed by atoms with E-state index in [1.165, 1.54) is 6.33 Å². The van der Waals surface area contributed by atoms with Crippen molar-refractivity contribution in [1.82, 2.24) is 14.8 Å². The smallest absolute Gasteiger partial charge is 0.171 e. The van der Waals surface area contributed by atoms with Crippen molar-refractivity contribution in [1.29, 1.82) is 0 Å². The minimum atomic E-state index is -0.0418. The van der Waals surface area contributed by atoms with Crippen molar-refractivity contribution in [2.24, 2.45) is 0 Å². The standard InChI is InChI=1S/C14H16ClN3O/c1-9(2)18-14(16-8-17-18)7-13(19)11-5-4-10(3)6-12(11)15/h4-6,8-9H,7H2,1-3H3. The van der Waals surface area contributed by atoms with Crippen LogP contribution in [0, 0.1) is 6.92 Å². The molecule has 0 atom stereocenters. The van der Waals surface area contributed by atoms with E-state index in [4.69, 9.17) is 11.6 Å². The molecule has 1 aromatic heterocycles. The monoisotopic (exact) mass is 277 g/mol. The fourth-order valence-corrected chi connectivity index (χ4v) is 2.26. The third-order valence-corrected chi connectivity index (χ3v) is 3.19.